The van der Waals surface area contributed by atoms with Crippen molar-refractivity contribution in [2.75, 3.05) is 6.26 Å². The standard InChI is InChI=1S/C18H23NO7S/c1-18(2)24-16-15(22-11-12-7-5-4-6-8-12)14(23-17(16)25-18)13(9-10-19)26-27(3,20)21/h4-8,13-17H,9,11H2,1-3H3/t13-,14-,15+,16-,17-/m1/s1. The zero-order valence-electron chi connectivity index (χ0n) is 15.4. The summed E-state index contributed by atoms with van der Waals surface area (Å²) in [4.78, 5) is 0. The van der Waals surface area contributed by atoms with Crippen molar-refractivity contribution in [3.8, 4) is 6.07 Å². The Hall–Kier alpha value is -1.54. The summed E-state index contributed by atoms with van der Waals surface area (Å²) in [5.41, 5.74) is 0.943. The first-order valence-corrected chi connectivity index (χ1v) is 10.4. The van der Waals surface area contributed by atoms with Crippen LogP contribution in [0.1, 0.15) is 25.8 Å². The third-order valence-corrected chi connectivity index (χ3v) is 4.87. The fourth-order valence-electron chi connectivity index (χ4n) is 3.28. The Morgan fingerprint density at radius 1 is 1.26 bits per heavy atom. The van der Waals surface area contributed by atoms with E-state index in [9.17, 15) is 8.42 Å². The number of nitrogens with zero attached hydrogens (tertiary/aromatic N) is 1. The summed E-state index contributed by atoms with van der Waals surface area (Å²) in [6, 6.07) is 11.5. The lowest BCUT2D eigenvalue weighted by atomic mass is 10.0. The van der Waals surface area contributed by atoms with Gasteiger partial charge in [-0.2, -0.15) is 13.7 Å². The Kier molecular flexibility index (Phi) is 5.86. The van der Waals surface area contributed by atoms with Crippen molar-refractivity contribution in [1.29, 1.82) is 5.26 Å². The summed E-state index contributed by atoms with van der Waals surface area (Å²) in [7, 11) is -3.79. The van der Waals surface area contributed by atoms with Crippen molar-refractivity contribution < 1.29 is 31.5 Å². The Morgan fingerprint density at radius 3 is 2.59 bits per heavy atom. The van der Waals surface area contributed by atoms with E-state index in [4.69, 9.17) is 28.4 Å². The van der Waals surface area contributed by atoms with Crippen LogP contribution in [0, 0.1) is 11.3 Å². The van der Waals surface area contributed by atoms with E-state index in [0.29, 0.717) is 0 Å². The molecule has 0 aliphatic carbocycles. The lowest BCUT2D eigenvalue weighted by molar-refractivity contribution is -0.228. The molecule has 1 aromatic rings. The number of benzene rings is 1. The number of ether oxygens (including phenoxy) is 4. The maximum Gasteiger partial charge on any atom is 0.264 e. The summed E-state index contributed by atoms with van der Waals surface area (Å²) < 4.78 is 51.9. The van der Waals surface area contributed by atoms with Crippen LogP contribution in [0.25, 0.3) is 0 Å². The minimum absolute atomic E-state index is 0.175. The van der Waals surface area contributed by atoms with Crippen LogP contribution in [0.2, 0.25) is 0 Å². The van der Waals surface area contributed by atoms with Gasteiger partial charge in [-0.1, -0.05) is 30.3 Å². The second-order valence-corrected chi connectivity index (χ2v) is 8.63. The van der Waals surface area contributed by atoms with Crippen LogP contribution in [0.4, 0.5) is 0 Å². The second-order valence-electron chi connectivity index (χ2n) is 7.03. The van der Waals surface area contributed by atoms with E-state index in [0.717, 1.165) is 11.8 Å². The van der Waals surface area contributed by atoms with E-state index in [-0.39, 0.29) is 13.0 Å². The van der Waals surface area contributed by atoms with Gasteiger partial charge in [0.25, 0.3) is 10.1 Å². The number of hydrogen-bond donors (Lipinski definition) is 0. The second kappa shape index (κ2) is 7.83. The van der Waals surface area contributed by atoms with Crippen molar-refractivity contribution in [2.45, 2.75) is 63.4 Å². The van der Waals surface area contributed by atoms with Gasteiger partial charge in [0, 0.05) is 0 Å². The van der Waals surface area contributed by atoms with E-state index < -0.39 is 46.6 Å². The van der Waals surface area contributed by atoms with E-state index >= 15 is 0 Å². The topological polar surface area (TPSA) is 104 Å². The maximum atomic E-state index is 11.6. The molecular weight excluding hydrogens is 374 g/mol. The van der Waals surface area contributed by atoms with Crippen LogP contribution < -0.4 is 0 Å². The molecule has 9 heteroatoms. The zero-order chi connectivity index (χ0) is 19.7. The molecule has 0 radical (unpaired) electrons. The first-order chi connectivity index (χ1) is 12.7. The molecule has 2 saturated heterocycles. The molecule has 0 N–H and O–H groups in total. The Bertz CT molecular complexity index is 790. The monoisotopic (exact) mass is 397 g/mol. The van der Waals surface area contributed by atoms with Crippen LogP contribution in [-0.2, 0) is 39.9 Å². The lowest BCUT2D eigenvalue weighted by Gasteiger charge is -2.29. The SMILES string of the molecule is CC1(C)O[C@H]2O[C@H]([C@@H](CC#N)OS(C)(=O)=O)[C@H](OCc3ccccc3)[C@H]2O1. The first kappa shape index (κ1) is 20.2. The molecule has 0 amide bonds. The van der Waals surface area contributed by atoms with Crippen LogP contribution in [0.5, 0.6) is 0 Å². The zero-order valence-corrected chi connectivity index (χ0v) is 16.2. The highest BCUT2D eigenvalue weighted by molar-refractivity contribution is 7.86. The normalized spacial score (nSPS) is 30.6. The number of hydrogen-bond acceptors (Lipinski definition) is 8. The van der Waals surface area contributed by atoms with Gasteiger partial charge >= 0.3 is 0 Å². The van der Waals surface area contributed by atoms with Crippen molar-refractivity contribution in [3.63, 3.8) is 0 Å². The molecular formula is C18H23NO7S. The molecule has 0 aromatic heterocycles. The summed E-state index contributed by atoms with van der Waals surface area (Å²) in [6.45, 7) is 3.80. The van der Waals surface area contributed by atoms with Crippen molar-refractivity contribution in [3.05, 3.63) is 35.9 Å². The van der Waals surface area contributed by atoms with E-state index in [1.54, 1.807) is 13.8 Å². The smallest absolute Gasteiger partial charge is 0.264 e. The molecule has 8 nitrogen and oxygen atoms in total. The fraction of sp³-hybridized carbons (Fsp3) is 0.611. The van der Waals surface area contributed by atoms with Crippen molar-refractivity contribution in [1.82, 2.24) is 0 Å². The van der Waals surface area contributed by atoms with Crippen LogP contribution >= 0.6 is 0 Å². The summed E-state index contributed by atoms with van der Waals surface area (Å²) in [5.74, 6) is -0.850. The molecule has 0 saturated carbocycles. The largest absolute Gasteiger partial charge is 0.368 e. The predicted octanol–water partition coefficient (Wildman–Crippen LogP) is 1.71. The highest BCUT2D eigenvalue weighted by Crippen LogP contribution is 2.41. The third kappa shape index (κ3) is 5.04. The van der Waals surface area contributed by atoms with Gasteiger partial charge in [-0.05, 0) is 19.4 Å². The molecule has 3 rings (SSSR count). The molecule has 0 unspecified atom stereocenters. The summed E-state index contributed by atoms with van der Waals surface area (Å²) >= 11 is 0. The molecule has 2 aliphatic heterocycles. The maximum absolute atomic E-state index is 11.6. The molecule has 0 spiro atoms. The number of fused-ring (bicyclic) bond motifs is 1. The predicted molar refractivity (Wildman–Crippen MR) is 93.7 cm³/mol. The van der Waals surface area contributed by atoms with Crippen molar-refractivity contribution >= 4 is 10.1 Å². The highest BCUT2D eigenvalue weighted by atomic mass is 32.2. The first-order valence-electron chi connectivity index (χ1n) is 8.60. The van der Waals surface area contributed by atoms with Gasteiger partial charge in [0.15, 0.2) is 12.1 Å². The quantitative estimate of drug-likeness (QED) is 0.641. The van der Waals surface area contributed by atoms with Gasteiger partial charge < -0.3 is 18.9 Å². The molecule has 2 fully saturated rings. The van der Waals surface area contributed by atoms with Gasteiger partial charge in [0.05, 0.1) is 25.4 Å². The van der Waals surface area contributed by atoms with Crippen LogP contribution in [0.3, 0.4) is 0 Å². The van der Waals surface area contributed by atoms with Crippen molar-refractivity contribution in [2.24, 2.45) is 0 Å². The van der Waals surface area contributed by atoms with Gasteiger partial charge in [-0.3, -0.25) is 4.18 Å². The summed E-state index contributed by atoms with van der Waals surface area (Å²) in [5, 5.41) is 9.09. The minimum atomic E-state index is -3.79. The summed E-state index contributed by atoms with van der Waals surface area (Å²) in [6.07, 6.45) is -3.03. The molecule has 5 atom stereocenters. The van der Waals surface area contributed by atoms with Gasteiger partial charge in [0.1, 0.15) is 24.4 Å². The Labute approximate surface area is 159 Å². The van der Waals surface area contributed by atoms with Gasteiger partial charge in [-0.15, -0.1) is 0 Å². The average Bonchev–Trinajstić information content (AvgIpc) is 3.04. The third-order valence-electron chi connectivity index (χ3n) is 4.27. The van der Waals surface area contributed by atoms with E-state index in [1.165, 1.54) is 0 Å². The van der Waals surface area contributed by atoms with Gasteiger partial charge in [-0.25, -0.2) is 0 Å². The van der Waals surface area contributed by atoms with Crippen LogP contribution in [-0.4, -0.2) is 51.2 Å². The molecule has 0 bridgehead atoms. The van der Waals surface area contributed by atoms with E-state index in [1.807, 2.05) is 36.4 Å². The molecule has 27 heavy (non-hydrogen) atoms. The van der Waals surface area contributed by atoms with E-state index in [2.05, 4.69) is 0 Å². The van der Waals surface area contributed by atoms with Crippen LogP contribution in [0.15, 0.2) is 30.3 Å². The fourth-order valence-corrected chi connectivity index (χ4v) is 3.91. The molecule has 148 valence electrons. The molecule has 1 aromatic carbocycles. The number of nitriles is 1. The van der Waals surface area contributed by atoms with Gasteiger partial charge in [0.2, 0.25) is 0 Å². The molecule has 2 heterocycles. The number of rotatable bonds is 7. The highest BCUT2D eigenvalue weighted by Gasteiger charge is 2.57. The minimum Gasteiger partial charge on any atom is -0.368 e. The lowest BCUT2D eigenvalue weighted by Crippen LogP contribution is -2.44. The molecule has 2 aliphatic rings. The Morgan fingerprint density at radius 2 is 1.96 bits per heavy atom. The Balaban J connectivity index is 1.81. The average molecular weight is 397 g/mol.